The molecule has 2 aliphatic carbocycles. The Hall–Kier alpha value is -2.37. The van der Waals surface area contributed by atoms with Gasteiger partial charge in [0.2, 0.25) is 15.9 Å². The lowest BCUT2D eigenvalue weighted by Gasteiger charge is -2.31. The summed E-state index contributed by atoms with van der Waals surface area (Å²) in [6.45, 7) is 4.68. The monoisotopic (exact) mass is 520 g/mol. The molecule has 2 atom stereocenters. The number of aromatic nitrogens is 1. The smallest absolute Gasteiger partial charge is 0.256 e. The van der Waals surface area contributed by atoms with Gasteiger partial charge in [0.1, 0.15) is 0 Å². The number of carbonyl (C=O) groups is 2. The van der Waals surface area contributed by atoms with E-state index in [2.05, 4.69) is 15.0 Å². The first-order valence-corrected chi connectivity index (χ1v) is 14.1. The first-order valence-electron chi connectivity index (χ1n) is 11.8. The van der Waals surface area contributed by atoms with Gasteiger partial charge in [-0.05, 0) is 57.1 Å². The number of fused-ring (bicyclic) bond motifs is 1. The summed E-state index contributed by atoms with van der Waals surface area (Å²) < 4.78 is 42.5. The molecule has 1 aromatic carbocycles. The van der Waals surface area contributed by atoms with Crippen LogP contribution in [0.25, 0.3) is 0 Å². The molecule has 2 aromatic rings. The lowest BCUT2D eigenvalue weighted by molar-refractivity contribution is -0.114. The predicted molar refractivity (Wildman–Crippen MR) is 131 cm³/mol. The van der Waals surface area contributed by atoms with E-state index in [1.807, 2.05) is 13.8 Å². The minimum Gasteiger partial charge on any atom is -0.324 e. The molecular formula is C24H29FN4O4S2. The number of hydrogen-bond acceptors (Lipinski definition) is 6. The Balaban J connectivity index is 1.58. The van der Waals surface area contributed by atoms with Gasteiger partial charge >= 0.3 is 0 Å². The normalized spacial score (nSPS) is 21.7. The minimum atomic E-state index is -4.04. The lowest BCUT2D eigenvalue weighted by Crippen LogP contribution is -2.38. The molecule has 188 valence electrons. The fourth-order valence-electron chi connectivity index (χ4n) is 4.84. The van der Waals surface area contributed by atoms with Crippen LogP contribution in [0.1, 0.15) is 72.1 Å². The summed E-state index contributed by atoms with van der Waals surface area (Å²) in [6.07, 6.45) is 3.33. The molecule has 2 saturated carbocycles. The Bertz CT molecular complexity index is 1300. The van der Waals surface area contributed by atoms with Crippen LogP contribution in [-0.4, -0.2) is 49.4 Å². The van der Waals surface area contributed by atoms with Gasteiger partial charge in [0.15, 0.2) is 5.13 Å². The van der Waals surface area contributed by atoms with E-state index < -0.39 is 28.2 Å². The molecular weight excluding hydrogens is 491 g/mol. The van der Waals surface area contributed by atoms with E-state index in [-0.39, 0.29) is 34.9 Å². The number of hydrogen-bond donors (Lipinski definition) is 2. The zero-order valence-electron chi connectivity index (χ0n) is 19.9. The van der Waals surface area contributed by atoms with Crippen LogP contribution in [0.15, 0.2) is 23.1 Å². The molecule has 1 unspecified atom stereocenters. The Morgan fingerprint density at radius 2 is 2.06 bits per heavy atom. The van der Waals surface area contributed by atoms with Crippen LogP contribution in [0.2, 0.25) is 0 Å². The maximum atomic E-state index is 13.9. The van der Waals surface area contributed by atoms with Gasteiger partial charge in [-0.3, -0.25) is 14.0 Å². The van der Waals surface area contributed by atoms with Crippen molar-refractivity contribution in [2.45, 2.75) is 63.4 Å². The van der Waals surface area contributed by atoms with Crippen molar-refractivity contribution >= 4 is 38.3 Å². The molecule has 1 aromatic heterocycles. The molecule has 8 nitrogen and oxygen atoms in total. The first kappa shape index (κ1) is 24.3. The highest BCUT2D eigenvalue weighted by Crippen LogP contribution is 2.49. The Morgan fingerprint density at radius 3 is 2.66 bits per heavy atom. The highest BCUT2D eigenvalue weighted by Gasteiger charge is 2.49. The van der Waals surface area contributed by atoms with E-state index in [0.29, 0.717) is 35.1 Å². The van der Waals surface area contributed by atoms with Gasteiger partial charge < -0.3 is 10.2 Å². The van der Waals surface area contributed by atoms with Crippen LogP contribution in [0.5, 0.6) is 0 Å². The number of amides is 2. The standard InChI is InChI=1S/C24H29FN4O4S2/c1-13-21(34-23(27-13)28-15(3)30)20-17-5-4-6-18(35(32,33)26-12-24(11-25)9-10-24)19(17)22(31)29(20)14(2)16-7-8-16/h4-6,14,16,20,26H,7-12H2,1-3H3,(H,27,28,30)/t14-,20?/m0/s1. The van der Waals surface area contributed by atoms with Crippen molar-refractivity contribution < 1.29 is 22.4 Å². The van der Waals surface area contributed by atoms with Crippen LogP contribution in [0, 0.1) is 18.3 Å². The van der Waals surface area contributed by atoms with E-state index in [1.54, 1.807) is 17.0 Å². The van der Waals surface area contributed by atoms with Crippen molar-refractivity contribution in [2.24, 2.45) is 11.3 Å². The number of rotatable bonds is 9. The summed E-state index contributed by atoms with van der Waals surface area (Å²) in [5.74, 6) is -0.209. The molecule has 2 fully saturated rings. The van der Waals surface area contributed by atoms with Crippen molar-refractivity contribution in [2.75, 3.05) is 18.5 Å². The van der Waals surface area contributed by atoms with Crippen LogP contribution >= 0.6 is 11.3 Å². The Morgan fingerprint density at radius 1 is 1.34 bits per heavy atom. The maximum absolute atomic E-state index is 13.9. The van der Waals surface area contributed by atoms with Crippen molar-refractivity contribution in [3.05, 3.63) is 39.9 Å². The van der Waals surface area contributed by atoms with Crippen molar-refractivity contribution in [1.82, 2.24) is 14.6 Å². The third kappa shape index (κ3) is 4.38. The van der Waals surface area contributed by atoms with Gasteiger partial charge in [-0.1, -0.05) is 23.5 Å². The number of nitrogens with one attached hydrogen (secondary N) is 2. The highest BCUT2D eigenvalue weighted by atomic mass is 32.2. The second-order valence-corrected chi connectivity index (χ2v) is 12.8. The average Bonchev–Trinajstić information content (AvgIpc) is 3.73. The second kappa shape index (κ2) is 8.63. The summed E-state index contributed by atoms with van der Waals surface area (Å²) in [4.78, 5) is 32.4. The zero-order valence-corrected chi connectivity index (χ0v) is 21.6. The molecule has 3 aliphatic rings. The van der Waals surface area contributed by atoms with E-state index in [9.17, 15) is 22.4 Å². The molecule has 5 rings (SSSR count). The average molecular weight is 521 g/mol. The molecule has 0 spiro atoms. The summed E-state index contributed by atoms with van der Waals surface area (Å²) in [6, 6.07) is 4.29. The third-order valence-corrected chi connectivity index (χ3v) is 9.92. The van der Waals surface area contributed by atoms with Gasteiger partial charge in [0.25, 0.3) is 5.91 Å². The fourth-order valence-corrected chi connectivity index (χ4v) is 7.36. The second-order valence-electron chi connectivity index (χ2n) is 10.0. The van der Waals surface area contributed by atoms with Gasteiger partial charge in [0.05, 0.1) is 33.7 Å². The topological polar surface area (TPSA) is 108 Å². The van der Waals surface area contributed by atoms with Crippen molar-refractivity contribution in [1.29, 1.82) is 0 Å². The first-order chi connectivity index (χ1) is 16.6. The summed E-state index contributed by atoms with van der Waals surface area (Å²) in [5.41, 5.74) is 0.834. The Kier molecular flexibility index (Phi) is 6.00. The quantitative estimate of drug-likeness (QED) is 0.523. The summed E-state index contributed by atoms with van der Waals surface area (Å²) in [5, 5.41) is 3.15. The molecule has 1 aliphatic heterocycles. The third-order valence-electron chi connectivity index (χ3n) is 7.35. The van der Waals surface area contributed by atoms with Crippen LogP contribution < -0.4 is 10.0 Å². The van der Waals surface area contributed by atoms with Crippen LogP contribution in [0.3, 0.4) is 0 Å². The molecule has 0 radical (unpaired) electrons. The van der Waals surface area contributed by atoms with Crippen LogP contribution in [0.4, 0.5) is 9.52 Å². The van der Waals surface area contributed by atoms with Gasteiger partial charge in [-0.15, -0.1) is 0 Å². The number of halogens is 1. The summed E-state index contributed by atoms with van der Waals surface area (Å²) >= 11 is 1.30. The highest BCUT2D eigenvalue weighted by molar-refractivity contribution is 7.89. The molecule has 11 heteroatoms. The van der Waals surface area contributed by atoms with Crippen molar-refractivity contribution in [3.63, 3.8) is 0 Å². The molecule has 2 amide bonds. The molecule has 0 bridgehead atoms. The SMILES string of the molecule is CC(=O)Nc1nc(C)c(C2c3cccc(S(=O)(=O)NCC4(CF)CC4)c3C(=O)N2[C@@H](C)C2CC2)s1. The van der Waals surface area contributed by atoms with E-state index in [0.717, 1.165) is 17.7 Å². The predicted octanol–water partition coefficient (Wildman–Crippen LogP) is 3.78. The van der Waals surface area contributed by atoms with Crippen molar-refractivity contribution in [3.8, 4) is 0 Å². The molecule has 2 heterocycles. The van der Waals surface area contributed by atoms with Gasteiger partial charge in [-0.2, -0.15) is 0 Å². The number of alkyl halides is 1. The number of sulfonamides is 1. The van der Waals surface area contributed by atoms with E-state index >= 15 is 0 Å². The summed E-state index contributed by atoms with van der Waals surface area (Å²) in [7, 11) is -4.04. The lowest BCUT2D eigenvalue weighted by atomic mass is 10.0. The number of anilines is 1. The number of benzene rings is 1. The molecule has 2 N–H and O–H groups in total. The van der Waals surface area contributed by atoms with Gasteiger partial charge in [-0.25, -0.2) is 18.1 Å². The number of nitrogens with zero attached hydrogens (tertiary/aromatic N) is 2. The zero-order chi connectivity index (χ0) is 25.1. The molecule has 35 heavy (non-hydrogen) atoms. The maximum Gasteiger partial charge on any atom is 0.256 e. The number of aryl methyl sites for hydroxylation is 1. The van der Waals surface area contributed by atoms with Crippen LogP contribution in [-0.2, 0) is 14.8 Å². The Labute approximate surface area is 208 Å². The molecule has 0 saturated heterocycles. The van der Waals surface area contributed by atoms with E-state index in [1.165, 1.54) is 24.3 Å². The fraction of sp³-hybridized carbons (Fsp3) is 0.542. The minimum absolute atomic E-state index is 0.0172. The van der Waals surface area contributed by atoms with E-state index in [4.69, 9.17) is 0 Å². The number of carbonyl (C=O) groups excluding carboxylic acids is 2. The van der Waals surface area contributed by atoms with Gasteiger partial charge in [0, 0.05) is 24.9 Å². The largest absolute Gasteiger partial charge is 0.324 e. The number of thiazole rings is 1.